The smallest absolute Gasteiger partial charge is 0.231 e. The molecule has 0 unspecified atom stereocenters. The van der Waals surface area contributed by atoms with Gasteiger partial charge in [-0.3, -0.25) is 9.59 Å². The van der Waals surface area contributed by atoms with Crippen LogP contribution in [0.4, 0.5) is 11.4 Å². The molecule has 0 aliphatic rings. The van der Waals surface area contributed by atoms with Crippen LogP contribution in [-0.2, 0) is 16.0 Å². The van der Waals surface area contributed by atoms with Gasteiger partial charge in [0.1, 0.15) is 5.01 Å². The number of nitrogens with one attached hydrogen (secondary N) is 2. The highest BCUT2D eigenvalue weighted by atomic mass is 32.1. The second-order valence-corrected chi connectivity index (χ2v) is 6.92. The fraction of sp³-hybridized carbons (Fsp3) is 0.150. The Bertz CT molecular complexity index is 915. The second-order valence-electron chi connectivity index (χ2n) is 5.98. The van der Waals surface area contributed by atoms with Crippen LogP contribution < -0.4 is 10.6 Å². The van der Waals surface area contributed by atoms with E-state index in [0.29, 0.717) is 0 Å². The fourth-order valence-electron chi connectivity index (χ4n) is 2.43. The summed E-state index contributed by atoms with van der Waals surface area (Å²) in [6.45, 7) is 3.48. The van der Waals surface area contributed by atoms with E-state index in [9.17, 15) is 9.59 Å². The topological polar surface area (TPSA) is 71.1 Å². The Morgan fingerprint density at radius 1 is 0.962 bits per heavy atom. The normalized spacial score (nSPS) is 10.4. The predicted octanol–water partition coefficient (Wildman–Crippen LogP) is 4.26. The molecule has 6 heteroatoms. The summed E-state index contributed by atoms with van der Waals surface area (Å²) in [6.07, 6.45) is 0.239. The summed E-state index contributed by atoms with van der Waals surface area (Å²) in [6, 6.07) is 15.2. The maximum Gasteiger partial charge on any atom is 0.231 e. The molecule has 0 atom stereocenters. The Kier molecular flexibility index (Phi) is 5.43. The predicted molar refractivity (Wildman–Crippen MR) is 105 cm³/mol. The number of hydrogen-bond donors (Lipinski definition) is 2. The zero-order valence-corrected chi connectivity index (χ0v) is 15.4. The lowest BCUT2D eigenvalue weighted by Crippen LogP contribution is -2.14. The van der Waals surface area contributed by atoms with Crippen LogP contribution in [0.2, 0.25) is 0 Å². The van der Waals surface area contributed by atoms with Crippen LogP contribution in [0.15, 0.2) is 53.9 Å². The van der Waals surface area contributed by atoms with Crippen LogP contribution in [0.5, 0.6) is 0 Å². The number of thiazole rings is 1. The highest BCUT2D eigenvalue weighted by Gasteiger charge is 2.10. The summed E-state index contributed by atoms with van der Waals surface area (Å²) in [5.74, 6) is -0.191. The highest BCUT2D eigenvalue weighted by molar-refractivity contribution is 7.10. The minimum Gasteiger partial charge on any atom is -0.326 e. The Morgan fingerprint density at radius 2 is 1.58 bits per heavy atom. The molecular formula is C20H19N3O2S. The van der Waals surface area contributed by atoms with E-state index in [4.69, 9.17) is 0 Å². The van der Waals surface area contributed by atoms with Crippen molar-refractivity contribution in [3.63, 3.8) is 0 Å². The van der Waals surface area contributed by atoms with Crippen molar-refractivity contribution in [2.75, 3.05) is 10.6 Å². The molecule has 0 aliphatic carbocycles. The number of carbonyl (C=O) groups is 2. The summed E-state index contributed by atoms with van der Waals surface area (Å²) in [5, 5.41) is 8.30. The molecule has 2 amide bonds. The molecule has 0 spiro atoms. The van der Waals surface area contributed by atoms with Crippen LogP contribution in [0.25, 0.3) is 11.3 Å². The number of hydrogen-bond acceptors (Lipinski definition) is 4. The van der Waals surface area contributed by atoms with Crippen molar-refractivity contribution in [2.24, 2.45) is 0 Å². The van der Waals surface area contributed by atoms with Gasteiger partial charge in [-0.15, -0.1) is 11.3 Å². The van der Waals surface area contributed by atoms with Gasteiger partial charge in [0.2, 0.25) is 11.8 Å². The average Bonchev–Trinajstić information content (AvgIpc) is 3.05. The minimum atomic E-state index is -0.103. The van der Waals surface area contributed by atoms with Crippen molar-refractivity contribution in [3.8, 4) is 11.3 Å². The largest absolute Gasteiger partial charge is 0.326 e. The van der Waals surface area contributed by atoms with Gasteiger partial charge < -0.3 is 10.6 Å². The number of benzene rings is 2. The number of aromatic nitrogens is 1. The molecule has 0 bridgehead atoms. The van der Waals surface area contributed by atoms with Crippen molar-refractivity contribution in [1.82, 2.24) is 4.98 Å². The number of amides is 2. The van der Waals surface area contributed by atoms with E-state index >= 15 is 0 Å². The minimum absolute atomic E-state index is 0.0873. The molecule has 1 heterocycles. The van der Waals surface area contributed by atoms with Gasteiger partial charge in [-0.1, -0.05) is 29.8 Å². The third kappa shape index (κ3) is 4.77. The first-order chi connectivity index (χ1) is 12.5. The Labute approximate surface area is 156 Å². The lowest BCUT2D eigenvalue weighted by atomic mass is 10.1. The van der Waals surface area contributed by atoms with E-state index in [1.54, 1.807) is 0 Å². The SMILES string of the molecule is CC(=O)Nc1ccc(-c2csc(CC(=O)Nc3ccc(C)cc3)n2)cc1. The molecule has 2 N–H and O–H groups in total. The summed E-state index contributed by atoms with van der Waals surface area (Å²) in [5.41, 5.74) is 4.44. The second kappa shape index (κ2) is 7.93. The summed E-state index contributed by atoms with van der Waals surface area (Å²) < 4.78 is 0. The first-order valence-corrected chi connectivity index (χ1v) is 9.06. The molecule has 0 aliphatic heterocycles. The van der Waals surface area contributed by atoms with Crippen LogP contribution in [-0.4, -0.2) is 16.8 Å². The van der Waals surface area contributed by atoms with Crippen molar-refractivity contribution >= 4 is 34.5 Å². The summed E-state index contributed by atoms with van der Waals surface area (Å²) >= 11 is 1.46. The summed E-state index contributed by atoms with van der Waals surface area (Å²) in [7, 11) is 0. The maximum atomic E-state index is 12.2. The van der Waals surface area contributed by atoms with Crippen LogP contribution in [0.1, 0.15) is 17.5 Å². The first-order valence-electron chi connectivity index (χ1n) is 8.18. The Morgan fingerprint density at radius 3 is 2.23 bits per heavy atom. The molecule has 5 nitrogen and oxygen atoms in total. The molecule has 1 aromatic heterocycles. The van der Waals surface area contributed by atoms with Gasteiger partial charge in [0.25, 0.3) is 0 Å². The van der Waals surface area contributed by atoms with Crippen LogP contribution in [0, 0.1) is 6.92 Å². The third-order valence-corrected chi connectivity index (χ3v) is 4.55. The van der Waals surface area contributed by atoms with Crippen molar-refractivity contribution in [3.05, 3.63) is 64.5 Å². The highest BCUT2D eigenvalue weighted by Crippen LogP contribution is 2.24. The standard InChI is InChI=1S/C20H19N3O2S/c1-13-3-7-17(8-4-13)22-19(25)11-20-23-18(12-26-20)15-5-9-16(10-6-15)21-14(2)24/h3-10,12H,11H2,1-2H3,(H,21,24)(H,22,25). The molecule has 0 radical (unpaired) electrons. The number of rotatable bonds is 5. The zero-order chi connectivity index (χ0) is 18.5. The average molecular weight is 365 g/mol. The van der Waals surface area contributed by atoms with Gasteiger partial charge >= 0.3 is 0 Å². The lowest BCUT2D eigenvalue weighted by molar-refractivity contribution is -0.116. The van der Waals surface area contributed by atoms with E-state index in [-0.39, 0.29) is 18.2 Å². The van der Waals surface area contributed by atoms with Gasteiger partial charge in [0.15, 0.2) is 0 Å². The lowest BCUT2D eigenvalue weighted by Gasteiger charge is -2.04. The fourth-order valence-corrected chi connectivity index (χ4v) is 3.23. The first kappa shape index (κ1) is 17.8. The van der Waals surface area contributed by atoms with E-state index in [1.165, 1.54) is 18.3 Å². The number of nitrogens with zero attached hydrogens (tertiary/aromatic N) is 1. The van der Waals surface area contributed by atoms with Crippen LogP contribution >= 0.6 is 11.3 Å². The maximum absolute atomic E-state index is 12.2. The molecule has 0 saturated heterocycles. The molecular weight excluding hydrogens is 346 g/mol. The molecule has 26 heavy (non-hydrogen) atoms. The van der Waals surface area contributed by atoms with Gasteiger partial charge in [-0.05, 0) is 31.2 Å². The van der Waals surface area contributed by atoms with E-state index in [0.717, 1.165) is 33.2 Å². The molecule has 3 rings (SSSR count). The zero-order valence-electron chi connectivity index (χ0n) is 14.6. The number of anilines is 2. The Hall–Kier alpha value is -2.99. The third-order valence-electron chi connectivity index (χ3n) is 3.70. The van der Waals surface area contributed by atoms with E-state index < -0.39 is 0 Å². The number of carbonyl (C=O) groups excluding carboxylic acids is 2. The molecule has 132 valence electrons. The van der Waals surface area contributed by atoms with Gasteiger partial charge in [0.05, 0.1) is 12.1 Å². The number of aryl methyl sites for hydroxylation is 1. The van der Waals surface area contributed by atoms with E-state index in [2.05, 4.69) is 15.6 Å². The van der Waals surface area contributed by atoms with Gasteiger partial charge in [0, 0.05) is 29.2 Å². The van der Waals surface area contributed by atoms with Crippen LogP contribution in [0.3, 0.4) is 0 Å². The monoisotopic (exact) mass is 365 g/mol. The van der Waals surface area contributed by atoms with Crippen molar-refractivity contribution in [1.29, 1.82) is 0 Å². The quantitative estimate of drug-likeness (QED) is 0.710. The molecule has 2 aromatic carbocycles. The molecule has 0 fully saturated rings. The van der Waals surface area contributed by atoms with Gasteiger partial charge in [-0.25, -0.2) is 4.98 Å². The molecule has 0 saturated carbocycles. The van der Waals surface area contributed by atoms with Crippen molar-refractivity contribution in [2.45, 2.75) is 20.3 Å². The Balaban J connectivity index is 1.63. The van der Waals surface area contributed by atoms with Gasteiger partial charge in [-0.2, -0.15) is 0 Å². The van der Waals surface area contributed by atoms with Crippen molar-refractivity contribution < 1.29 is 9.59 Å². The molecule has 3 aromatic rings. The summed E-state index contributed by atoms with van der Waals surface area (Å²) in [4.78, 5) is 27.8. The van der Waals surface area contributed by atoms with E-state index in [1.807, 2.05) is 60.8 Å².